The van der Waals surface area contributed by atoms with Crippen molar-refractivity contribution in [1.29, 1.82) is 0 Å². The largest absolute Gasteiger partial charge is 0.513 e. The molecule has 42 heavy (non-hydrogen) atoms. The van der Waals surface area contributed by atoms with Gasteiger partial charge < -0.3 is 38.9 Å². The van der Waals surface area contributed by atoms with Crippen LogP contribution in [0, 0.1) is 0 Å². The summed E-state index contributed by atoms with van der Waals surface area (Å²) in [5.74, 6) is -0.893. The van der Waals surface area contributed by atoms with Crippen LogP contribution in [-0.2, 0) is 34.9 Å². The summed E-state index contributed by atoms with van der Waals surface area (Å²) in [5, 5.41) is 0. The van der Waals surface area contributed by atoms with E-state index < -0.39 is 36.6 Å². The summed E-state index contributed by atoms with van der Waals surface area (Å²) in [6.07, 6.45) is 2.86. The molecule has 0 saturated heterocycles. The maximum atomic E-state index is 12.5. The monoisotopic (exact) mass is 597 g/mol. The molecule has 0 spiro atoms. The second kappa shape index (κ2) is 21.2. The number of esters is 1. The number of carbonyl (C=O) groups is 4. The Bertz CT molecular complexity index is 969. The quantitative estimate of drug-likeness (QED) is 0.0829. The molecule has 0 heterocycles. The van der Waals surface area contributed by atoms with E-state index in [1.54, 1.807) is 19.9 Å². The predicted molar refractivity (Wildman–Crippen MR) is 153 cm³/mol. The van der Waals surface area contributed by atoms with Gasteiger partial charge in [0.05, 0.1) is 13.2 Å². The molecule has 1 aromatic carbocycles. The fourth-order valence-corrected chi connectivity index (χ4v) is 3.60. The van der Waals surface area contributed by atoms with Gasteiger partial charge in [-0.2, -0.15) is 0 Å². The van der Waals surface area contributed by atoms with Crippen LogP contribution in [0.2, 0.25) is 0 Å². The Morgan fingerprint density at radius 2 is 1.31 bits per heavy atom. The van der Waals surface area contributed by atoms with Gasteiger partial charge in [0.2, 0.25) is 0 Å². The molecule has 0 saturated carbocycles. The van der Waals surface area contributed by atoms with E-state index in [9.17, 15) is 19.2 Å². The molecule has 0 amide bonds. The average molecular weight is 598 g/mol. The maximum Gasteiger partial charge on any atom is 0.513 e. The van der Waals surface area contributed by atoms with Crippen molar-refractivity contribution in [3.63, 3.8) is 0 Å². The SMILES string of the molecule is CCCCCOC(=O)Oc1ccc(C[C@H](N)C(=O)O[C@@H](C)COC(=O)OC(C)CCC)cc1OC(=O)OCCCCC. The first-order valence-electron chi connectivity index (χ1n) is 14.7. The van der Waals surface area contributed by atoms with Crippen LogP contribution in [0.4, 0.5) is 14.4 Å². The van der Waals surface area contributed by atoms with Crippen LogP contribution >= 0.6 is 0 Å². The number of carbonyl (C=O) groups excluding carboxylic acids is 4. The van der Waals surface area contributed by atoms with Crippen molar-refractivity contribution in [2.24, 2.45) is 5.73 Å². The predicted octanol–water partition coefficient (Wildman–Crippen LogP) is 6.24. The van der Waals surface area contributed by atoms with E-state index in [0.717, 1.165) is 32.1 Å². The molecule has 0 radical (unpaired) electrons. The molecule has 238 valence electrons. The van der Waals surface area contributed by atoms with Crippen molar-refractivity contribution in [3.8, 4) is 11.5 Å². The third kappa shape index (κ3) is 16.0. The van der Waals surface area contributed by atoms with Crippen LogP contribution in [-0.4, -0.2) is 62.5 Å². The zero-order chi connectivity index (χ0) is 31.3. The number of rotatable bonds is 19. The molecule has 12 nitrogen and oxygen atoms in total. The highest BCUT2D eigenvalue weighted by Gasteiger charge is 2.22. The van der Waals surface area contributed by atoms with Gasteiger partial charge in [-0.3, -0.25) is 4.79 Å². The number of ether oxygens (including phenoxy) is 7. The highest BCUT2D eigenvalue weighted by molar-refractivity contribution is 5.76. The lowest BCUT2D eigenvalue weighted by Crippen LogP contribution is -2.37. The van der Waals surface area contributed by atoms with Crippen molar-refractivity contribution >= 4 is 24.4 Å². The normalized spacial score (nSPS) is 12.8. The van der Waals surface area contributed by atoms with Crippen LogP contribution in [0.25, 0.3) is 0 Å². The molecule has 2 N–H and O–H groups in total. The van der Waals surface area contributed by atoms with Crippen molar-refractivity contribution < 1.29 is 52.3 Å². The summed E-state index contributed by atoms with van der Waals surface area (Å²) in [6, 6.07) is 3.29. The van der Waals surface area contributed by atoms with Crippen molar-refractivity contribution in [3.05, 3.63) is 23.8 Å². The number of unbranched alkanes of at least 4 members (excludes halogenated alkanes) is 4. The smallest absolute Gasteiger partial charge is 0.458 e. The summed E-state index contributed by atoms with van der Waals surface area (Å²) in [4.78, 5) is 48.7. The van der Waals surface area contributed by atoms with Crippen LogP contribution in [0.3, 0.4) is 0 Å². The van der Waals surface area contributed by atoms with Gasteiger partial charge in [-0.15, -0.1) is 0 Å². The average Bonchev–Trinajstić information content (AvgIpc) is 2.93. The molecule has 0 aliphatic heterocycles. The second-order valence-corrected chi connectivity index (χ2v) is 9.93. The highest BCUT2D eigenvalue weighted by atomic mass is 16.7. The molecule has 1 unspecified atom stereocenters. The molecular formula is C30H47NO11. The van der Waals surface area contributed by atoms with E-state index in [4.69, 9.17) is 38.9 Å². The Morgan fingerprint density at radius 1 is 0.714 bits per heavy atom. The lowest BCUT2D eigenvalue weighted by Gasteiger charge is -2.18. The van der Waals surface area contributed by atoms with E-state index in [-0.39, 0.29) is 43.8 Å². The van der Waals surface area contributed by atoms with Gasteiger partial charge in [0.15, 0.2) is 11.5 Å². The first-order chi connectivity index (χ1) is 20.1. The minimum absolute atomic E-state index is 0.00658. The summed E-state index contributed by atoms with van der Waals surface area (Å²) in [6.45, 7) is 9.51. The van der Waals surface area contributed by atoms with Crippen molar-refractivity contribution in [2.75, 3.05) is 19.8 Å². The van der Waals surface area contributed by atoms with Crippen LogP contribution < -0.4 is 15.2 Å². The van der Waals surface area contributed by atoms with Crippen LogP contribution in [0.15, 0.2) is 18.2 Å². The van der Waals surface area contributed by atoms with Gasteiger partial charge in [0.1, 0.15) is 24.9 Å². The fraction of sp³-hybridized carbons (Fsp3) is 0.667. The summed E-state index contributed by atoms with van der Waals surface area (Å²) in [7, 11) is 0. The molecule has 0 aliphatic carbocycles. The van der Waals surface area contributed by atoms with Crippen molar-refractivity contribution in [1.82, 2.24) is 0 Å². The van der Waals surface area contributed by atoms with Gasteiger partial charge >= 0.3 is 24.4 Å². The molecule has 0 aromatic heterocycles. The molecule has 0 aliphatic rings. The molecule has 0 bridgehead atoms. The Balaban J connectivity index is 2.79. The standard InChI is InChI=1S/C30H47NO11/c1-6-9-11-16-36-28(33)41-25-15-14-23(19-26(25)42-29(34)37-17-12-10-7-2)18-24(31)27(32)39-22(5)20-38-30(35)40-21(4)13-8-3/h14-15,19,21-22,24H,6-13,16-18,20,31H2,1-5H3/t21?,22-,24-/m0/s1. The van der Waals surface area contributed by atoms with Crippen molar-refractivity contribution in [2.45, 2.75) is 111 Å². The molecule has 0 fully saturated rings. The Labute approximate surface area is 248 Å². The van der Waals surface area contributed by atoms with Gasteiger partial charge in [0.25, 0.3) is 0 Å². The highest BCUT2D eigenvalue weighted by Crippen LogP contribution is 2.30. The Hall–Kier alpha value is -3.54. The first kappa shape index (κ1) is 36.5. The number of hydrogen-bond donors (Lipinski definition) is 1. The Morgan fingerprint density at radius 3 is 1.88 bits per heavy atom. The lowest BCUT2D eigenvalue weighted by atomic mass is 10.1. The number of hydrogen-bond acceptors (Lipinski definition) is 12. The summed E-state index contributed by atoms with van der Waals surface area (Å²) >= 11 is 0. The van der Waals surface area contributed by atoms with Gasteiger partial charge in [-0.25, -0.2) is 14.4 Å². The van der Waals surface area contributed by atoms with E-state index >= 15 is 0 Å². The molecule has 1 rings (SSSR count). The minimum atomic E-state index is -1.09. The lowest BCUT2D eigenvalue weighted by molar-refractivity contribution is -0.152. The van der Waals surface area contributed by atoms with Crippen LogP contribution in [0.5, 0.6) is 11.5 Å². The number of nitrogens with two attached hydrogens (primary N) is 1. The molecular weight excluding hydrogens is 550 g/mol. The van der Waals surface area contributed by atoms with Gasteiger partial charge in [-0.05, 0) is 57.2 Å². The topological polar surface area (TPSA) is 159 Å². The fourth-order valence-electron chi connectivity index (χ4n) is 3.60. The van der Waals surface area contributed by atoms with E-state index in [0.29, 0.717) is 24.8 Å². The van der Waals surface area contributed by atoms with E-state index in [2.05, 4.69) is 0 Å². The Kier molecular flexibility index (Phi) is 18.4. The summed E-state index contributed by atoms with van der Waals surface area (Å²) in [5.41, 5.74) is 6.55. The second-order valence-electron chi connectivity index (χ2n) is 9.93. The third-order valence-corrected chi connectivity index (χ3v) is 5.83. The summed E-state index contributed by atoms with van der Waals surface area (Å²) < 4.78 is 36.1. The zero-order valence-electron chi connectivity index (χ0n) is 25.5. The maximum absolute atomic E-state index is 12.5. The first-order valence-corrected chi connectivity index (χ1v) is 14.7. The van der Waals surface area contributed by atoms with Gasteiger partial charge in [0, 0.05) is 0 Å². The minimum Gasteiger partial charge on any atom is -0.458 e. The van der Waals surface area contributed by atoms with Crippen LogP contribution in [0.1, 0.15) is 91.5 Å². The number of benzene rings is 1. The zero-order valence-corrected chi connectivity index (χ0v) is 25.5. The van der Waals surface area contributed by atoms with E-state index in [1.807, 2.05) is 20.8 Å². The molecule has 3 atom stereocenters. The molecule has 12 heteroatoms. The molecule has 1 aromatic rings. The van der Waals surface area contributed by atoms with Gasteiger partial charge in [-0.1, -0.05) is 58.9 Å². The van der Waals surface area contributed by atoms with E-state index in [1.165, 1.54) is 12.1 Å². The third-order valence-electron chi connectivity index (χ3n) is 5.83.